The molecule has 0 saturated heterocycles. The van der Waals surface area contributed by atoms with Crippen molar-refractivity contribution in [2.75, 3.05) is 39.2 Å². The third-order valence-corrected chi connectivity index (χ3v) is 3.94. The van der Waals surface area contributed by atoms with Crippen LogP contribution in [0.5, 0.6) is 0 Å². The standard InChI is InChI=1S/C16H17ClN2O6/c1-24-15(22)9-4-3-5-11(17)12(9)18-13-10(16(23)25-2)8-19(6-7-20)14(13)21/h3-5,18,20H,6-8H2,1-2H3. The Morgan fingerprint density at radius 1 is 1.28 bits per heavy atom. The summed E-state index contributed by atoms with van der Waals surface area (Å²) in [6.45, 7) is -0.226. The van der Waals surface area contributed by atoms with Gasteiger partial charge in [-0.1, -0.05) is 17.7 Å². The molecule has 25 heavy (non-hydrogen) atoms. The topological polar surface area (TPSA) is 105 Å². The van der Waals surface area contributed by atoms with Gasteiger partial charge in [-0.25, -0.2) is 9.59 Å². The van der Waals surface area contributed by atoms with Gasteiger partial charge in [-0.15, -0.1) is 0 Å². The molecule has 9 heteroatoms. The molecule has 0 fully saturated rings. The lowest BCUT2D eigenvalue weighted by atomic mass is 10.1. The molecular weight excluding hydrogens is 352 g/mol. The van der Waals surface area contributed by atoms with Crippen LogP contribution in [0.1, 0.15) is 10.4 Å². The van der Waals surface area contributed by atoms with Crippen LogP contribution in [0.25, 0.3) is 0 Å². The number of nitrogens with one attached hydrogen (secondary N) is 1. The number of aliphatic hydroxyl groups is 1. The summed E-state index contributed by atoms with van der Waals surface area (Å²) in [5.74, 6) is -1.85. The second-order valence-corrected chi connectivity index (χ2v) is 5.48. The summed E-state index contributed by atoms with van der Waals surface area (Å²) in [6.07, 6.45) is 0. The van der Waals surface area contributed by atoms with Crippen LogP contribution in [0.3, 0.4) is 0 Å². The molecule has 1 amide bonds. The summed E-state index contributed by atoms with van der Waals surface area (Å²) >= 11 is 6.14. The maximum atomic E-state index is 12.5. The third-order valence-electron chi connectivity index (χ3n) is 3.62. The number of carbonyl (C=O) groups is 3. The zero-order valence-electron chi connectivity index (χ0n) is 13.7. The molecular formula is C16H17ClN2O6. The highest BCUT2D eigenvalue weighted by Crippen LogP contribution is 2.30. The molecule has 1 aromatic rings. The zero-order chi connectivity index (χ0) is 18.6. The van der Waals surface area contributed by atoms with Crippen molar-refractivity contribution in [3.8, 4) is 0 Å². The molecule has 1 aliphatic rings. The Labute approximate surface area is 149 Å². The van der Waals surface area contributed by atoms with Crippen molar-refractivity contribution in [1.82, 2.24) is 4.90 Å². The quantitative estimate of drug-likeness (QED) is 0.715. The van der Waals surface area contributed by atoms with E-state index in [1.807, 2.05) is 0 Å². The van der Waals surface area contributed by atoms with E-state index in [-0.39, 0.29) is 47.2 Å². The lowest BCUT2D eigenvalue weighted by Gasteiger charge is -2.16. The van der Waals surface area contributed by atoms with Crippen LogP contribution in [0.15, 0.2) is 29.5 Å². The monoisotopic (exact) mass is 368 g/mol. The first-order valence-corrected chi connectivity index (χ1v) is 7.67. The van der Waals surface area contributed by atoms with Gasteiger partial charge in [0.25, 0.3) is 5.91 Å². The maximum Gasteiger partial charge on any atom is 0.340 e. The molecule has 1 aromatic carbocycles. The van der Waals surface area contributed by atoms with Crippen molar-refractivity contribution in [1.29, 1.82) is 0 Å². The highest BCUT2D eigenvalue weighted by Gasteiger charge is 2.35. The van der Waals surface area contributed by atoms with E-state index < -0.39 is 17.8 Å². The van der Waals surface area contributed by atoms with Crippen molar-refractivity contribution in [3.63, 3.8) is 0 Å². The number of carbonyl (C=O) groups excluding carboxylic acids is 3. The number of para-hydroxylation sites is 1. The Bertz CT molecular complexity index is 746. The fourth-order valence-corrected chi connectivity index (χ4v) is 2.63. The van der Waals surface area contributed by atoms with Gasteiger partial charge in [0, 0.05) is 6.54 Å². The summed E-state index contributed by atoms with van der Waals surface area (Å²) in [5.41, 5.74) is 0.280. The summed E-state index contributed by atoms with van der Waals surface area (Å²) in [6, 6.07) is 4.56. The molecule has 0 bridgehead atoms. The van der Waals surface area contributed by atoms with E-state index in [0.29, 0.717) is 0 Å². The van der Waals surface area contributed by atoms with E-state index in [1.54, 1.807) is 6.07 Å². The van der Waals surface area contributed by atoms with E-state index in [2.05, 4.69) is 5.32 Å². The fraction of sp³-hybridized carbons (Fsp3) is 0.312. The molecule has 0 spiro atoms. The van der Waals surface area contributed by atoms with E-state index >= 15 is 0 Å². The van der Waals surface area contributed by atoms with Gasteiger partial charge in [-0.05, 0) is 12.1 Å². The molecule has 2 N–H and O–H groups in total. The number of ether oxygens (including phenoxy) is 2. The van der Waals surface area contributed by atoms with E-state index in [4.69, 9.17) is 26.2 Å². The first-order valence-electron chi connectivity index (χ1n) is 7.30. The molecule has 0 unspecified atom stereocenters. The second-order valence-electron chi connectivity index (χ2n) is 5.07. The predicted molar refractivity (Wildman–Crippen MR) is 89.1 cm³/mol. The number of nitrogens with zero attached hydrogens (tertiary/aromatic N) is 1. The molecule has 8 nitrogen and oxygen atoms in total. The van der Waals surface area contributed by atoms with Crippen molar-refractivity contribution in [2.45, 2.75) is 0 Å². The summed E-state index contributed by atoms with van der Waals surface area (Å²) in [5, 5.41) is 12.0. The Balaban J connectivity index is 2.47. The van der Waals surface area contributed by atoms with Gasteiger partial charge in [0.15, 0.2) is 0 Å². The number of β-amino-alcohol motifs (C(OH)–C–C–N with tert-alkyl or cyclic N) is 1. The molecule has 1 heterocycles. The van der Waals surface area contributed by atoms with Crippen LogP contribution < -0.4 is 5.32 Å². The number of anilines is 1. The molecule has 0 radical (unpaired) electrons. The van der Waals surface area contributed by atoms with Crippen molar-refractivity contribution >= 4 is 35.1 Å². The Hall–Kier alpha value is -2.58. The van der Waals surface area contributed by atoms with Crippen LogP contribution in [0.4, 0.5) is 5.69 Å². The molecule has 0 aromatic heterocycles. The molecule has 1 aliphatic heterocycles. The number of aliphatic hydroxyl groups excluding tert-OH is 1. The van der Waals surface area contributed by atoms with Gasteiger partial charge < -0.3 is 24.8 Å². The first kappa shape index (κ1) is 18.8. The minimum Gasteiger partial charge on any atom is -0.466 e. The highest BCUT2D eigenvalue weighted by atomic mass is 35.5. The largest absolute Gasteiger partial charge is 0.466 e. The highest BCUT2D eigenvalue weighted by molar-refractivity contribution is 6.34. The van der Waals surface area contributed by atoms with E-state index in [0.717, 1.165) is 0 Å². The van der Waals surface area contributed by atoms with Crippen LogP contribution in [0.2, 0.25) is 5.02 Å². The number of hydrogen-bond donors (Lipinski definition) is 2. The Kier molecular flexibility index (Phi) is 6.00. The molecule has 134 valence electrons. The smallest absolute Gasteiger partial charge is 0.340 e. The number of amides is 1. The minimum absolute atomic E-state index is 0.0214. The Morgan fingerprint density at radius 2 is 1.96 bits per heavy atom. The van der Waals surface area contributed by atoms with Crippen LogP contribution in [0, 0.1) is 0 Å². The van der Waals surface area contributed by atoms with Crippen molar-refractivity contribution in [3.05, 3.63) is 40.1 Å². The fourth-order valence-electron chi connectivity index (χ4n) is 2.41. The van der Waals surface area contributed by atoms with Gasteiger partial charge in [0.05, 0.1) is 49.2 Å². The third kappa shape index (κ3) is 3.75. The predicted octanol–water partition coefficient (Wildman–Crippen LogP) is 0.800. The normalized spacial score (nSPS) is 13.9. The average molecular weight is 369 g/mol. The lowest BCUT2D eigenvalue weighted by Crippen LogP contribution is -2.31. The summed E-state index contributed by atoms with van der Waals surface area (Å²) in [4.78, 5) is 37.7. The van der Waals surface area contributed by atoms with Crippen molar-refractivity contribution in [2.24, 2.45) is 0 Å². The molecule has 0 aliphatic carbocycles. The maximum absolute atomic E-state index is 12.5. The number of hydrogen-bond acceptors (Lipinski definition) is 7. The molecule has 2 rings (SSSR count). The number of halogens is 1. The number of esters is 2. The molecule has 0 atom stereocenters. The second kappa shape index (κ2) is 8.00. The number of methoxy groups -OCH3 is 2. The van der Waals surface area contributed by atoms with Gasteiger partial charge >= 0.3 is 11.9 Å². The zero-order valence-corrected chi connectivity index (χ0v) is 14.4. The van der Waals surface area contributed by atoms with Crippen LogP contribution in [-0.2, 0) is 19.1 Å². The SMILES string of the molecule is COC(=O)C1=C(Nc2c(Cl)cccc2C(=O)OC)C(=O)N(CCO)C1. The Morgan fingerprint density at radius 3 is 2.56 bits per heavy atom. The van der Waals surface area contributed by atoms with Crippen LogP contribution in [-0.4, -0.2) is 61.8 Å². The van der Waals surface area contributed by atoms with Crippen molar-refractivity contribution < 1.29 is 29.0 Å². The average Bonchev–Trinajstić information content (AvgIpc) is 2.92. The van der Waals surface area contributed by atoms with E-state index in [1.165, 1.54) is 31.3 Å². The first-order chi connectivity index (χ1) is 11.9. The van der Waals surface area contributed by atoms with Crippen LogP contribution >= 0.6 is 11.6 Å². The molecule has 0 saturated carbocycles. The number of benzene rings is 1. The number of rotatable bonds is 6. The van der Waals surface area contributed by atoms with E-state index in [9.17, 15) is 14.4 Å². The summed E-state index contributed by atoms with van der Waals surface area (Å²) < 4.78 is 9.41. The lowest BCUT2D eigenvalue weighted by molar-refractivity contribution is -0.136. The van der Waals surface area contributed by atoms with Gasteiger partial charge in [0.1, 0.15) is 5.70 Å². The van der Waals surface area contributed by atoms with Gasteiger partial charge in [0.2, 0.25) is 0 Å². The van der Waals surface area contributed by atoms with Gasteiger partial charge in [-0.2, -0.15) is 0 Å². The van der Waals surface area contributed by atoms with Gasteiger partial charge in [-0.3, -0.25) is 4.79 Å². The minimum atomic E-state index is -0.692. The summed E-state index contributed by atoms with van der Waals surface area (Å²) in [7, 11) is 2.41.